The minimum atomic E-state index is -0.470. The number of thiophene rings is 1. The van der Waals surface area contributed by atoms with E-state index in [1.165, 1.54) is 34.4 Å². The zero-order valence-corrected chi connectivity index (χ0v) is 17.3. The van der Waals surface area contributed by atoms with Crippen LogP contribution in [0.2, 0.25) is 0 Å². The summed E-state index contributed by atoms with van der Waals surface area (Å²) in [6, 6.07) is 6.01. The van der Waals surface area contributed by atoms with Crippen LogP contribution in [0.1, 0.15) is 32.6 Å². The molecule has 0 aliphatic heterocycles. The van der Waals surface area contributed by atoms with E-state index >= 15 is 0 Å². The lowest BCUT2D eigenvalue weighted by Crippen LogP contribution is -2.30. The fourth-order valence-corrected chi connectivity index (χ4v) is 4.81. The summed E-state index contributed by atoms with van der Waals surface area (Å²) in [4.78, 5) is 40.7. The van der Waals surface area contributed by atoms with Crippen molar-refractivity contribution in [3.05, 3.63) is 56.4 Å². The molecule has 0 N–H and O–H groups in total. The zero-order chi connectivity index (χ0) is 21.3. The molecule has 8 nitrogen and oxygen atoms in total. The molecule has 1 aliphatic carbocycles. The van der Waals surface area contributed by atoms with Crippen LogP contribution in [-0.4, -0.2) is 26.5 Å². The van der Waals surface area contributed by atoms with Crippen molar-refractivity contribution in [3.63, 3.8) is 0 Å². The fraction of sp³-hybridized carbons (Fsp3) is 0.381. The average Bonchev–Trinajstić information content (AvgIpc) is 3.15. The van der Waals surface area contributed by atoms with E-state index < -0.39 is 10.9 Å². The van der Waals surface area contributed by atoms with Crippen LogP contribution in [0.3, 0.4) is 0 Å². The van der Waals surface area contributed by atoms with Crippen LogP contribution in [-0.2, 0) is 16.1 Å². The van der Waals surface area contributed by atoms with E-state index in [1.54, 1.807) is 17.5 Å². The maximum Gasteiger partial charge on any atom is 0.326 e. The average molecular weight is 427 g/mol. The van der Waals surface area contributed by atoms with Crippen LogP contribution >= 0.6 is 11.3 Å². The molecule has 0 saturated heterocycles. The van der Waals surface area contributed by atoms with Crippen molar-refractivity contribution in [2.45, 2.75) is 45.3 Å². The van der Waals surface area contributed by atoms with Gasteiger partial charge < -0.3 is 4.74 Å². The maximum absolute atomic E-state index is 13.1. The molecule has 3 aromatic rings. The Hall–Kier alpha value is -3.07. The summed E-state index contributed by atoms with van der Waals surface area (Å²) >= 11 is 1.32. The second kappa shape index (κ2) is 8.35. The summed E-state index contributed by atoms with van der Waals surface area (Å²) in [6.07, 6.45) is 5.18. The number of rotatable bonds is 5. The van der Waals surface area contributed by atoms with Gasteiger partial charge in [-0.3, -0.25) is 24.3 Å². The highest BCUT2D eigenvalue weighted by Crippen LogP contribution is 2.31. The summed E-state index contributed by atoms with van der Waals surface area (Å²) in [5.41, 5.74) is 0.977. The molecule has 0 amide bonds. The Labute approximate surface area is 176 Å². The smallest absolute Gasteiger partial charge is 0.326 e. The third-order valence-corrected chi connectivity index (χ3v) is 6.32. The Bertz CT molecular complexity index is 1150. The molecule has 0 radical (unpaired) electrons. The molecular formula is C21H21N3O5S. The highest BCUT2D eigenvalue weighted by Gasteiger charge is 2.23. The van der Waals surface area contributed by atoms with Gasteiger partial charge in [-0.2, -0.15) is 0 Å². The van der Waals surface area contributed by atoms with Gasteiger partial charge in [0.1, 0.15) is 17.5 Å². The van der Waals surface area contributed by atoms with Crippen molar-refractivity contribution in [2.24, 2.45) is 5.92 Å². The molecule has 1 saturated carbocycles. The molecule has 2 aromatic heterocycles. The van der Waals surface area contributed by atoms with Gasteiger partial charge in [0.25, 0.3) is 11.2 Å². The quantitative estimate of drug-likeness (QED) is 0.344. The number of carbonyl (C=O) groups excluding carboxylic acids is 1. The van der Waals surface area contributed by atoms with Crippen molar-refractivity contribution in [1.29, 1.82) is 0 Å². The molecule has 1 aromatic carbocycles. The Morgan fingerprint density at radius 1 is 1.33 bits per heavy atom. The van der Waals surface area contributed by atoms with Gasteiger partial charge in [-0.25, -0.2) is 4.98 Å². The normalized spacial score (nSPS) is 19.0. The minimum Gasteiger partial charge on any atom is -0.461 e. The number of non-ortho nitro benzene ring substituents is 1. The number of fused-ring (bicyclic) bond motifs is 1. The fourth-order valence-electron chi connectivity index (χ4n) is 3.90. The molecule has 0 bridgehead atoms. The summed E-state index contributed by atoms with van der Waals surface area (Å²) in [7, 11) is 0. The Kier molecular flexibility index (Phi) is 5.63. The first-order valence-corrected chi connectivity index (χ1v) is 10.7. The van der Waals surface area contributed by atoms with E-state index in [4.69, 9.17) is 4.74 Å². The number of hydrogen-bond acceptors (Lipinski definition) is 7. The lowest BCUT2D eigenvalue weighted by Gasteiger charge is -2.26. The Balaban J connectivity index is 1.59. The summed E-state index contributed by atoms with van der Waals surface area (Å²) in [5, 5.41) is 13.1. The maximum atomic E-state index is 13.1. The first-order valence-electron chi connectivity index (χ1n) is 9.83. The number of benzene rings is 1. The second-order valence-electron chi connectivity index (χ2n) is 7.69. The molecule has 30 heavy (non-hydrogen) atoms. The summed E-state index contributed by atoms with van der Waals surface area (Å²) < 4.78 is 6.84. The Morgan fingerprint density at radius 2 is 2.10 bits per heavy atom. The van der Waals surface area contributed by atoms with E-state index in [1.807, 2.05) is 0 Å². The molecule has 2 heterocycles. The van der Waals surface area contributed by atoms with Gasteiger partial charge in [-0.15, -0.1) is 11.3 Å². The summed E-state index contributed by atoms with van der Waals surface area (Å²) in [5.74, 6) is 0.0943. The van der Waals surface area contributed by atoms with Gasteiger partial charge in [0.15, 0.2) is 0 Å². The molecular weight excluding hydrogens is 406 g/mol. The lowest BCUT2D eigenvalue weighted by molar-refractivity contribution is -0.384. The van der Waals surface area contributed by atoms with E-state index in [-0.39, 0.29) is 23.9 Å². The predicted octanol–water partition coefficient (Wildman–Crippen LogP) is 4.16. The number of ether oxygens (including phenoxy) is 1. The molecule has 156 valence electrons. The van der Waals surface area contributed by atoms with Gasteiger partial charge in [-0.05, 0) is 42.9 Å². The highest BCUT2D eigenvalue weighted by molar-refractivity contribution is 7.17. The molecule has 1 fully saturated rings. The second-order valence-corrected chi connectivity index (χ2v) is 8.55. The number of carbonyl (C=O) groups is 1. The van der Waals surface area contributed by atoms with Crippen molar-refractivity contribution >= 4 is 33.2 Å². The van der Waals surface area contributed by atoms with Crippen LogP contribution in [0.15, 0.2) is 40.8 Å². The van der Waals surface area contributed by atoms with Gasteiger partial charge in [0, 0.05) is 23.1 Å². The van der Waals surface area contributed by atoms with Crippen LogP contribution in [0, 0.1) is 16.0 Å². The molecule has 2 atom stereocenters. The number of esters is 1. The minimum absolute atomic E-state index is 0.0198. The lowest BCUT2D eigenvalue weighted by atomic mass is 9.89. The summed E-state index contributed by atoms with van der Waals surface area (Å²) in [6.45, 7) is 1.96. The third kappa shape index (κ3) is 4.11. The van der Waals surface area contributed by atoms with Crippen molar-refractivity contribution in [3.8, 4) is 11.1 Å². The number of nitrogens with zero attached hydrogens (tertiary/aromatic N) is 3. The van der Waals surface area contributed by atoms with E-state index in [2.05, 4.69) is 11.9 Å². The van der Waals surface area contributed by atoms with Crippen molar-refractivity contribution < 1.29 is 14.5 Å². The van der Waals surface area contributed by atoms with E-state index in [9.17, 15) is 19.7 Å². The van der Waals surface area contributed by atoms with Gasteiger partial charge >= 0.3 is 5.97 Å². The first-order chi connectivity index (χ1) is 14.4. The van der Waals surface area contributed by atoms with Crippen LogP contribution in [0.5, 0.6) is 0 Å². The zero-order valence-electron chi connectivity index (χ0n) is 16.4. The van der Waals surface area contributed by atoms with E-state index in [0.29, 0.717) is 27.3 Å². The number of nitro groups is 1. The number of nitro benzene ring substituents is 1. The van der Waals surface area contributed by atoms with Crippen LogP contribution in [0.25, 0.3) is 21.3 Å². The molecule has 1 aliphatic rings. The van der Waals surface area contributed by atoms with Crippen LogP contribution < -0.4 is 5.56 Å². The third-order valence-electron chi connectivity index (χ3n) is 5.44. The SMILES string of the molecule is CC1CCCC(OC(=O)Cn2cnc3scc(-c4ccc([N+](=O)[O-])cc4)c3c2=O)C1. The standard InChI is InChI=1S/C21H21N3O5S/c1-13-3-2-4-16(9-13)29-18(25)10-23-12-22-20-19(21(23)26)17(11-30-20)14-5-7-15(8-6-14)24(27)28/h5-8,11-13,16H,2-4,9-10H2,1H3. The highest BCUT2D eigenvalue weighted by atomic mass is 32.1. The van der Waals surface area contributed by atoms with Crippen molar-refractivity contribution in [1.82, 2.24) is 9.55 Å². The molecule has 0 spiro atoms. The van der Waals surface area contributed by atoms with Crippen molar-refractivity contribution in [2.75, 3.05) is 0 Å². The van der Waals surface area contributed by atoms with Gasteiger partial charge in [0.05, 0.1) is 16.6 Å². The molecule has 9 heteroatoms. The largest absolute Gasteiger partial charge is 0.461 e. The first kappa shape index (κ1) is 20.2. The topological polar surface area (TPSA) is 104 Å². The molecule has 2 unspecified atom stereocenters. The number of hydrogen-bond donors (Lipinski definition) is 0. The van der Waals surface area contributed by atoms with Crippen LogP contribution in [0.4, 0.5) is 5.69 Å². The van der Waals surface area contributed by atoms with Gasteiger partial charge in [0.2, 0.25) is 0 Å². The van der Waals surface area contributed by atoms with E-state index in [0.717, 1.165) is 25.7 Å². The predicted molar refractivity (Wildman–Crippen MR) is 113 cm³/mol. The monoisotopic (exact) mass is 427 g/mol. The number of aromatic nitrogens is 2. The van der Waals surface area contributed by atoms with Gasteiger partial charge in [-0.1, -0.05) is 13.3 Å². The molecule has 4 rings (SSSR count). The Morgan fingerprint density at radius 3 is 2.80 bits per heavy atom.